The number of carbonyl (C=O) groups is 2. The summed E-state index contributed by atoms with van der Waals surface area (Å²) < 4.78 is 16.2. The van der Waals surface area contributed by atoms with Crippen molar-refractivity contribution in [2.24, 2.45) is 5.41 Å². The van der Waals surface area contributed by atoms with Crippen molar-refractivity contribution in [2.75, 3.05) is 40.1 Å². The average Bonchev–Trinajstić information content (AvgIpc) is 3.25. The highest BCUT2D eigenvalue weighted by atomic mass is 16.7. The molecule has 2 fully saturated rings. The first kappa shape index (κ1) is 16.1. The molecule has 1 atom stereocenters. The normalized spacial score (nSPS) is 24.9. The summed E-state index contributed by atoms with van der Waals surface area (Å²) in [6.07, 6.45) is 2.60. The molecule has 1 aromatic rings. The first-order chi connectivity index (χ1) is 12.1. The topological polar surface area (TPSA) is 68.3 Å². The standard InChI is InChI=1S/C18H22N2O5/c1-19-7-2-5-18(17(19)22)6-8-20(11-18)16(21)10-23-13-3-4-14-15(9-13)25-12-24-14/h3-4,9H,2,5-8,10-12H2,1H3/t18-/m0/s1. The quantitative estimate of drug-likeness (QED) is 0.824. The molecule has 4 rings (SSSR count). The molecule has 7 heteroatoms. The summed E-state index contributed by atoms with van der Waals surface area (Å²) >= 11 is 0. The maximum absolute atomic E-state index is 12.5. The molecular formula is C18H22N2O5. The van der Waals surface area contributed by atoms with Crippen LogP contribution in [0.25, 0.3) is 0 Å². The van der Waals surface area contributed by atoms with Crippen LogP contribution in [0.3, 0.4) is 0 Å². The van der Waals surface area contributed by atoms with Gasteiger partial charge < -0.3 is 24.0 Å². The molecule has 3 aliphatic rings. The lowest BCUT2D eigenvalue weighted by Gasteiger charge is -2.37. The zero-order valence-electron chi connectivity index (χ0n) is 14.3. The summed E-state index contributed by atoms with van der Waals surface area (Å²) in [4.78, 5) is 28.6. The molecule has 7 nitrogen and oxygen atoms in total. The van der Waals surface area contributed by atoms with Gasteiger partial charge in [0.2, 0.25) is 12.7 Å². The van der Waals surface area contributed by atoms with Gasteiger partial charge in [-0.3, -0.25) is 9.59 Å². The van der Waals surface area contributed by atoms with Crippen molar-refractivity contribution in [3.63, 3.8) is 0 Å². The molecular weight excluding hydrogens is 324 g/mol. The van der Waals surface area contributed by atoms with Crippen LogP contribution in [0.4, 0.5) is 0 Å². The van der Waals surface area contributed by atoms with Gasteiger partial charge in [0, 0.05) is 32.7 Å². The average molecular weight is 346 g/mol. The predicted octanol–water partition coefficient (Wildman–Crippen LogP) is 1.26. The number of likely N-dealkylation sites (tertiary alicyclic amines) is 2. The monoisotopic (exact) mass is 346 g/mol. The lowest BCUT2D eigenvalue weighted by molar-refractivity contribution is -0.144. The molecule has 0 aromatic heterocycles. The van der Waals surface area contributed by atoms with E-state index in [-0.39, 0.29) is 30.6 Å². The fourth-order valence-electron chi connectivity index (χ4n) is 3.93. The third-order valence-electron chi connectivity index (χ3n) is 5.36. The first-order valence-corrected chi connectivity index (χ1v) is 8.63. The van der Waals surface area contributed by atoms with Crippen molar-refractivity contribution in [1.82, 2.24) is 9.80 Å². The van der Waals surface area contributed by atoms with Gasteiger partial charge in [-0.1, -0.05) is 0 Å². The Morgan fingerprint density at radius 3 is 2.96 bits per heavy atom. The van der Waals surface area contributed by atoms with Crippen LogP contribution in [0.15, 0.2) is 18.2 Å². The lowest BCUT2D eigenvalue weighted by atomic mass is 9.78. The molecule has 3 aliphatic heterocycles. The summed E-state index contributed by atoms with van der Waals surface area (Å²) in [5, 5.41) is 0. The summed E-state index contributed by atoms with van der Waals surface area (Å²) in [5.41, 5.74) is -0.387. The van der Waals surface area contributed by atoms with E-state index < -0.39 is 0 Å². The number of amides is 2. The van der Waals surface area contributed by atoms with Crippen LogP contribution in [-0.2, 0) is 9.59 Å². The van der Waals surface area contributed by atoms with E-state index in [1.54, 1.807) is 28.0 Å². The second-order valence-corrected chi connectivity index (χ2v) is 6.98. The van der Waals surface area contributed by atoms with Crippen molar-refractivity contribution in [3.05, 3.63) is 18.2 Å². The van der Waals surface area contributed by atoms with E-state index in [0.717, 1.165) is 25.8 Å². The molecule has 0 N–H and O–H groups in total. The second-order valence-electron chi connectivity index (χ2n) is 6.98. The molecule has 1 aromatic carbocycles. The number of piperidine rings is 1. The van der Waals surface area contributed by atoms with Gasteiger partial charge in [0.05, 0.1) is 5.41 Å². The Balaban J connectivity index is 1.35. The number of ether oxygens (including phenoxy) is 3. The third-order valence-corrected chi connectivity index (χ3v) is 5.36. The van der Waals surface area contributed by atoms with E-state index in [2.05, 4.69) is 0 Å². The largest absolute Gasteiger partial charge is 0.484 e. The summed E-state index contributed by atoms with van der Waals surface area (Å²) in [5.74, 6) is 1.96. The van der Waals surface area contributed by atoms with Gasteiger partial charge in [-0.15, -0.1) is 0 Å². The van der Waals surface area contributed by atoms with Gasteiger partial charge in [-0.05, 0) is 31.4 Å². The van der Waals surface area contributed by atoms with Crippen molar-refractivity contribution < 1.29 is 23.8 Å². The fourth-order valence-corrected chi connectivity index (χ4v) is 3.93. The number of fused-ring (bicyclic) bond motifs is 1. The molecule has 1 spiro atoms. The molecule has 134 valence electrons. The molecule has 0 aliphatic carbocycles. The first-order valence-electron chi connectivity index (χ1n) is 8.63. The van der Waals surface area contributed by atoms with Gasteiger partial charge in [0.25, 0.3) is 5.91 Å². The highest BCUT2D eigenvalue weighted by molar-refractivity contribution is 5.86. The van der Waals surface area contributed by atoms with Gasteiger partial charge in [-0.25, -0.2) is 0 Å². The smallest absolute Gasteiger partial charge is 0.260 e. The zero-order chi connectivity index (χ0) is 17.4. The maximum atomic E-state index is 12.5. The molecule has 0 bridgehead atoms. The summed E-state index contributed by atoms with van der Waals surface area (Å²) in [6, 6.07) is 5.25. The molecule has 25 heavy (non-hydrogen) atoms. The lowest BCUT2D eigenvalue weighted by Crippen LogP contribution is -2.48. The van der Waals surface area contributed by atoms with Crippen molar-refractivity contribution in [1.29, 1.82) is 0 Å². The molecule has 2 amide bonds. The minimum absolute atomic E-state index is 0.0419. The summed E-state index contributed by atoms with van der Waals surface area (Å²) in [7, 11) is 1.84. The molecule has 2 saturated heterocycles. The number of benzene rings is 1. The highest BCUT2D eigenvalue weighted by Gasteiger charge is 2.48. The third kappa shape index (κ3) is 2.88. The predicted molar refractivity (Wildman–Crippen MR) is 88.6 cm³/mol. The van der Waals surface area contributed by atoms with E-state index >= 15 is 0 Å². The summed E-state index contributed by atoms with van der Waals surface area (Å²) in [6.45, 7) is 2.08. The van der Waals surface area contributed by atoms with Crippen LogP contribution in [0.2, 0.25) is 0 Å². The molecule has 0 unspecified atom stereocenters. The number of hydrogen-bond acceptors (Lipinski definition) is 5. The van der Waals surface area contributed by atoms with Crippen LogP contribution in [0.1, 0.15) is 19.3 Å². The Morgan fingerprint density at radius 1 is 1.24 bits per heavy atom. The number of hydrogen-bond donors (Lipinski definition) is 0. The highest BCUT2D eigenvalue weighted by Crippen LogP contribution is 2.40. The van der Waals surface area contributed by atoms with Crippen molar-refractivity contribution in [2.45, 2.75) is 19.3 Å². The van der Waals surface area contributed by atoms with Crippen LogP contribution in [0.5, 0.6) is 17.2 Å². The van der Waals surface area contributed by atoms with Crippen LogP contribution >= 0.6 is 0 Å². The van der Waals surface area contributed by atoms with Crippen LogP contribution in [-0.4, -0.2) is 61.7 Å². The van der Waals surface area contributed by atoms with E-state index in [4.69, 9.17) is 14.2 Å². The zero-order valence-corrected chi connectivity index (χ0v) is 14.3. The van der Waals surface area contributed by atoms with Gasteiger partial charge >= 0.3 is 0 Å². The number of rotatable bonds is 3. The minimum Gasteiger partial charge on any atom is -0.484 e. The van der Waals surface area contributed by atoms with E-state index in [0.29, 0.717) is 30.3 Å². The number of carbonyl (C=O) groups excluding carboxylic acids is 2. The Hall–Kier alpha value is -2.44. The minimum atomic E-state index is -0.387. The molecule has 0 saturated carbocycles. The Labute approximate surface area is 146 Å². The fraction of sp³-hybridized carbons (Fsp3) is 0.556. The van der Waals surface area contributed by atoms with E-state index in [1.165, 1.54) is 0 Å². The van der Waals surface area contributed by atoms with Crippen molar-refractivity contribution in [3.8, 4) is 17.2 Å². The van der Waals surface area contributed by atoms with E-state index in [9.17, 15) is 9.59 Å². The Kier molecular flexibility index (Phi) is 3.94. The van der Waals surface area contributed by atoms with E-state index in [1.807, 2.05) is 7.05 Å². The maximum Gasteiger partial charge on any atom is 0.260 e. The Bertz CT molecular complexity index is 707. The van der Waals surface area contributed by atoms with Gasteiger partial charge in [0.15, 0.2) is 18.1 Å². The van der Waals surface area contributed by atoms with Gasteiger partial charge in [-0.2, -0.15) is 0 Å². The molecule has 3 heterocycles. The second kappa shape index (κ2) is 6.13. The van der Waals surface area contributed by atoms with Crippen LogP contribution in [0, 0.1) is 5.41 Å². The SMILES string of the molecule is CN1CCC[C@@]2(CCN(C(=O)COc3ccc4c(c3)OCO4)C2)C1=O. The molecule has 0 radical (unpaired) electrons. The number of nitrogens with zero attached hydrogens (tertiary/aromatic N) is 2. The van der Waals surface area contributed by atoms with Crippen LogP contribution < -0.4 is 14.2 Å². The van der Waals surface area contributed by atoms with Crippen molar-refractivity contribution >= 4 is 11.8 Å². The Morgan fingerprint density at radius 2 is 2.08 bits per heavy atom. The van der Waals surface area contributed by atoms with Gasteiger partial charge in [0.1, 0.15) is 5.75 Å².